The van der Waals surface area contributed by atoms with Crippen LogP contribution in [0.2, 0.25) is 5.02 Å². The second kappa shape index (κ2) is 9.78. The average molecular weight is 486 g/mol. The van der Waals surface area contributed by atoms with Gasteiger partial charge in [-0.05, 0) is 48.5 Å². The number of urea groups is 1. The van der Waals surface area contributed by atoms with Gasteiger partial charge in [-0.3, -0.25) is 9.78 Å². The van der Waals surface area contributed by atoms with E-state index < -0.39 is 54.5 Å². The molecule has 2 aromatic carbocycles. The number of anilines is 2. The first kappa shape index (κ1) is 15.9. The number of hydrogen-bond donors (Lipinski definition) is 2. The zero-order valence-electron chi connectivity index (χ0n) is 23.3. The van der Waals surface area contributed by atoms with Crippen LogP contribution in [0.4, 0.5) is 29.3 Å². The van der Waals surface area contributed by atoms with Crippen LogP contribution < -0.4 is 15.4 Å². The van der Waals surface area contributed by atoms with Crippen LogP contribution in [0.3, 0.4) is 0 Å². The summed E-state index contributed by atoms with van der Waals surface area (Å²) < 4.78 is 96.6. The number of benzene rings is 2. The van der Waals surface area contributed by atoms with Crippen LogP contribution in [0.5, 0.6) is 11.5 Å². The van der Waals surface area contributed by atoms with Crippen molar-refractivity contribution in [1.29, 1.82) is 0 Å². The molecular formula is C22H18ClF3N4O3. The fourth-order valence-electron chi connectivity index (χ4n) is 2.51. The third-order valence-electron chi connectivity index (χ3n) is 3.97. The molecule has 33 heavy (non-hydrogen) atoms. The maximum atomic E-state index is 13.0. The monoisotopic (exact) mass is 485 g/mol. The van der Waals surface area contributed by atoms with Gasteiger partial charge in [0.2, 0.25) is 0 Å². The van der Waals surface area contributed by atoms with Gasteiger partial charge in [-0.1, -0.05) is 11.6 Å². The van der Waals surface area contributed by atoms with Crippen molar-refractivity contribution < 1.29 is 37.1 Å². The molecule has 0 aliphatic heterocycles. The standard InChI is InChI=1S/C22H18ClF3N4O3/c1-30(2)20(31)19-12-16(9-10-27-19)33-15-6-3-13(4-7-15)28-21(32)29-14-5-8-18(23)17(11-14)22(24,25)26/h3-12H,1-2H3,(H2,28,29,32)/i1D3,2D3,10D. The number of aromatic nitrogens is 1. The van der Waals surface area contributed by atoms with Gasteiger partial charge in [0.05, 0.1) is 12.0 Å². The maximum Gasteiger partial charge on any atom is 0.417 e. The number of nitrogens with one attached hydrogen (secondary N) is 2. The smallest absolute Gasteiger partial charge is 0.417 e. The number of halogens is 4. The third kappa shape index (κ3) is 6.36. The lowest BCUT2D eigenvalue weighted by molar-refractivity contribution is -0.137. The zero-order chi connectivity index (χ0) is 30.0. The number of ether oxygens (including phenoxy) is 1. The molecule has 2 N–H and O–H groups in total. The summed E-state index contributed by atoms with van der Waals surface area (Å²) in [5.74, 6) is -1.47. The SMILES string of the molecule is [2H]c1cc(Oc2ccc(NC(=O)Nc3ccc(Cl)c(C(F)(F)F)c3)cc2)cc(C(=O)N(C([2H])([2H])[2H])C([2H])([2H])[2H])n1. The second-order valence-electron chi connectivity index (χ2n) is 6.36. The van der Waals surface area contributed by atoms with Gasteiger partial charge in [-0.2, -0.15) is 13.2 Å². The Kier molecular flexibility index (Phi) is 4.72. The van der Waals surface area contributed by atoms with Crippen molar-refractivity contribution in [3.63, 3.8) is 0 Å². The highest BCUT2D eigenvalue weighted by atomic mass is 35.5. The number of rotatable bonds is 5. The van der Waals surface area contributed by atoms with E-state index in [0.29, 0.717) is 6.07 Å². The van der Waals surface area contributed by atoms with Crippen molar-refractivity contribution in [3.05, 3.63) is 77.1 Å². The van der Waals surface area contributed by atoms with Crippen molar-refractivity contribution in [1.82, 2.24) is 9.88 Å². The average Bonchev–Trinajstić information content (AvgIpc) is 2.78. The Morgan fingerprint density at radius 2 is 1.70 bits per heavy atom. The summed E-state index contributed by atoms with van der Waals surface area (Å²) in [4.78, 5) is 28.2. The van der Waals surface area contributed by atoms with E-state index in [1.807, 2.05) is 0 Å². The highest BCUT2D eigenvalue weighted by Crippen LogP contribution is 2.36. The molecule has 0 spiro atoms. The Morgan fingerprint density at radius 3 is 2.36 bits per heavy atom. The molecule has 1 heterocycles. The van der Waals surface area contributed by atoms with Gasteiger partial charge in [0.25, 0.3) is 5.91 Å². The lowest BCUT2D eigenvalue weighted by Gasteiger charge is -2.13. The van der Waals surface area contributed by atoms with E-state index >= 15 is 0 Å². The first-order chi connectivity index (χ1) is 18.3. The van der Waals surface area contributed by atoms with Gasteiger partial charge in [-0.25, -0.2) is 4.79 Å². The van der Waals surface area contributed by atoms with Gasteiger partial charge >= 0.3 is 12.2 Å². The Hall–Kier alpha value is -3.79. The molecular weight excluding hydrogens is 461 g/mol. The molecule has 0 aliphatic rings. The normalized spacial score (nSPS) is 14.8. The summed E-state index contributed by atoms with van der Waals surface area (Å²) in [5.41, 5.74) is -1.71. The van der Waals surface area contributed by atoms with E-state index in [1.165, 1.54) is 30.3 Å². The van der Waals surface area contributed by atoms with E-state index in [1.54, 1.807) is 0 Å². The van der Waals surface area contributed by atoms with Crippen LogP contribution in [0.1, 0.15) is 25.6 Å². The van der Waals surface area contributed by atoms with E-state index in [-0.39, 0.29) is 27.8 Å². The third-order valence-corrected chi connectivity index (χ3v) is 4.30. The van der Waals surface area contributed by atoms with Gasteiger partial charge in [0.1, 0.15) is 17.2 Å². The van der Waals surface area contributed by atoms with Crippen molar-refractivity contribution in [2.24, 2.45) is 0 Å². The number of hydrogen-bond acceptors (Lipinski definition) is 4. The number of nitrogens with zero attached hydrogens (tertiary/aromatic N) is 2. The minimum Gasteiger partial charge on any atom is -0.457 e. The van der Waals surface area contributed by atoms with E-state index in [2.05, 4.69) is 15.6 Å². The molecule has 3 rings (SSSR count). The van der Waals surface area contributed by atoms with Crippen LogP contribution in [-0.2, 0) is 6.18 Å². The zero-order valence-corrected chi connectivity index (χ0v) is 17.1. The highest BCUT2D eigenvalue weighted by Gasteiger charge is 2.33. The molecule has 7 nitrogen and oxygen atoms in total. The molecule has 0 radical (unpaired) electrons. The second-order valence-corrected chi connectivity index (χ2v) is 6.76. The van der Waals surface area contributed by atoms with Crippen molar-refractivity contribution in [3.8, 4) is 11.5 Å². The quantitative estimate of drug-likeness (QED) is 0.472. The van der Waals surface area contributed by atoms with E-state index in [9.17, 15) is 22.8 Å². The van der Waals surface area contributed by atoms with Crippen LogP contribution in [0.25, 0.3) is 0 Å². The Balaban J connectivity index is 1.71. The summed E-state index contributed by atoms with van der Waals surface area (Å²) in [5, 5.41) is 4.14. The molecule has 1 aromatic heterocycles. The topological polar surface area (TPSA) is 83.6 Å². The van der Waals surface area contributed by atoms with Gasteiger partial charge in [-0.15, -0.1) is 0 Å². The fourth-order valence-corrected chi connectivity index (χ4v) is 2.74. The molecule has 0 saturated carbocycles. The lowest BCUT2D eigenvalue weighted by atomic mass is 10.2. The molecule has 0 bridgehead atoms. The minimum atomic E-state index is -4.71. The van der Waals surface area contributed by atoms with Crippen molar-refractivity contribution in [2.75, 3.05) is 24.6 Å². The summed E-state index contributed by atoms with van der Waals surface area (Å²) in [6, 6.07) is 9.54. The van der Waals surface area contributed by atoms with Crippen molar-refractivity contribution in [2.45, 2.75) is 6.18 Å². The molecule has 0 atom stereocenters. The molecule has 11 heteroatoms. The fraction of sp³-hybridized carbons (Fsp3) is 0.136. The lowest BCUT2D eigenvalue weighted by Crippen LogP contribution is -2.22. The molecule has 0 aliphatic carbocycles. The largest absolute Gasteiger partial charge is 0.457 e. The van der Waals surface area contributed by atoms with Crippen LogP contribution in [-0.4, -0.2) is 35.8 Å². The van der Waals surface area contributed by atoms with Gasteiger partial charge in [0, 0.05) is 45.8 Å². The van der Waals surface area contributed by atoms with Crippen LogP contribution in [0, 0.1) is 0 Å². The number of carbonyl (C=O) groups excluding carboxylic acids is 2. The molecule has 3 aromatic rings. The first-order valence-corrected chi connectivity index (χ1v) is 9.28. The number of carbonyl (C=O) groups is 2. The van der Waals surface area contributed by atoms with E-state index in [0.717, 1.165) is 18.2 Å². The summed E-state index contributed by atoms with van der Waals surface area (Å²) in [7, 11) is 0. The molecule has 0 unspecified atom stereocenters. The van der Waals surface area contributed by atoms with Gasteiger partial charge in [0.15, 0.2) is 0 Å². The molecule has 0 saturated heterocycles. The van der Waals surface area contributed by atoms with Gasteiger partial charge < -0.3 is 20.3 Å². The number of amides is 3. The van der Waals surface area contributed by atoms with Crippen molar-refractivity contribution >= 4 is 34.9 Å². The van der Waals surface area contributed by atoms with E-state index in [4.69, 9.17) is 25.9 Å². The predicted octanol–water partition coefficient (Wildman–Crippen LogP) is 5.89. The Labute approximate surface area is 202 Å². The highest BCUT2D eigenvalue weighted by molar-refractivity contribution is 6.31. The summed E-state index contributed by atoms with van der Waals surface area (Å²) >= 11 is 5.56. The van der Waals surface area contributed by atoms with Crippen LogP contribution in [0.15, 0.2) is 60.8 Å². The minimum absolute atomic E-state index is 0.131. The maximum absolute atomic E-state index is 13.0. The van der Waals surface area contributed by atoms with Crippen LogP contribution >= 0.6 is 11.6 Å². The molecule has 0 fully saturated rings. The number of alkyl halides is 3. The first-order valence-electron chi connectivity index (χ1n) is 12.4. The Morgan fingerprint density at radius 1 is 1.03 bits per heavy atom. The Bertz CT molecular complexity index is 1400. The number of pyridine rings is 1. The summed E-state index contributed by atoms with van der Waals surface area (Å²) in [6.07, 6.45) is -5.22. The molecule has 3 amide bonds. The summed E-state index contributed by atoms with van der Waals surface area (Å²) in [6.45, 7) is -6.63. The predicted molar refractivity (Wildman–Crippen MR) is 118 cm³/mol. The molecule has 172 valence electrons.